The summed E-state index contributed by atoms with van der Waals surface area (Å²) in [4.78, 5) is 17.0. The fourth-order valence-electron chi connectivity index (χ4n) is 2.95. The van der Waals surface area contributed by atoms with Gasteiger partial charge in [0.15, 0.2) is 5.16 Å². The minimum Gasteiger partial charge on any atom is -0.489 e. The quantitative estimate of drug-likeness (QED) is 0.371. The van der Waals surface area contributed by atoms with Crippen LogP contribution in [0.25, 0.3) is 11.0 Å². The smallest absolute Gasteiger partial charge is 0.416 e. The van der Waals surface area contributed by atoms with E-state index in [4.69, 9.17) is 9.47 Å². The number of anilines is 1. The molecule has 0 aliphatic carbocycles. The van der Waals surface area contributed by atoms with Crippen molar-refractivity contribution in [1.29, 1.82) is 0 Å². The predicted octanol–water partition coefficient (Wildman–Crippen LogP) is 4.83. The van der Waals surface area contributed by atoms with Gasteiger partial charge in [-0.3, -0.25) is 4.79 Å². The molecule has 0 spiro atoms. The molecule has 31 heavy (non-hydrogen) atoms. The van der Waals surface area contributed by atoms with Gasteiger partial charge in [0.05, 0.1) is 34.6 Å². The van der Waals surface area contributed by atoms with Crippen molar-refractivity contribution in [3.63, 3.8) is 0 Å². The van der Waals surface area contributed by atoms with E-state index < -0.39 is 17.6 Å². The van der Waals surface area contributed by atoms with Crippen LogP contribution in [-0.2, 0) is 22.3 Å². The molecular weight excluding hydrogens is 431 g/mol. The van der Waals surface area contributed by atoms with Crippen LogP contribution in [0.15, 0.2) is 47.6 Å². The fraction of sp³-hybridized carbons (Fsp3) is 0.333. The van der Waals surface area contributed by atoms with Crippen LogP contribution in [0.3, 0.4) is 0 Å². The molecule has 0 unspecified atom stereocenters. The lowest BCUT2D eigenvalue weighted by Gasteiger charge is -2.15. The summed E-state index contributed by atoms with van der Waals surface area (Å²) < 4.78 is 51.7. The Kier molecular flexibility index (Phi) is 7.45. The van der Waals surface area contributed by atoms with Crippen molar-refractivity contribution in [2.24, 2.45) is 0 Å². The Balaban J connectivity index is 1.74. The number of imidazole rings is 1. The third-order valence-corrected chi connectivity index (χ3v) is 5.37. The molecule has 3 aromatic rings. The number of nitrogens with zero attached hydrogens (tertiary/aromatic N) is 2. The highest BCUT2D eigenvalue weighted by Crippen LogP contribution is 2.35. The van der Waals surface area contributed by atoms with E-state index in [0.717, 1.165) is 23.2 Å². The van der Waals surface area contributed by atoms with E-state index in [1.54, 1.807) is 0 Å². The van der Waals surface area contributed by atoms with Crippen LogP contribution < -0.4 is 10.1 Å². The third kappa shape index (κ3) is 5.71. The number of hydrogen-bond donors (Lipinski definition) is 1. The van der Waals surface area contributed by atoms with Crippen molar-refractivity contribution in [2.45, 2.75) is 24.8 Å². The van der Waals surface area contributed by atoms with Crippen molar-refractivity contribution < 1.29 is 27.4 Å². The van der Waals surface area contributed by atoms with E-state index in [-0.39, 0.29) is 30.4 Å². The van der Waals surface area contributed by atoms with Gasteiger partial charge >= 0.3 is 6.18 Å². The number of methoxy groups -OCH3 is 1. The lowest BCUT2D eigenvalue weighted by molar-refractivity contribution is -0.137. The third-order valence-electron chi connectivity index (χ3n) is 4.39. The SMILES string of the molecule is CCn1c(SCC(=O)Nc2cc(C(F)(F)F)ccc2OCCOC)nc2ccccc21. The van der Waals surface area contributed by atoms with E-state index in [1.807, 2.05) is 35.8 Å². The molecule has 0 aliphatic heterocycles. The highest BCUT2D eigenvalue weighted by molar-refractivity contribution is 7.99. The second-order valence-corrected chi connectivity index (χ2v) is 7.46. The van der Waals surface area contributed by atoms with Crippen LogP contribution in [0, 0.1) is 0 Å². The minimum absolute atomic E-state index is 0.0168. The molecule has 1 amide bonds. The second-order valence-electron chi connectivity index (χ2n) is 6.51. The van der Waals surface area contributed by atoms with Crippen LogP contribution in [0.2, 0.25) is 0 Å². The number of aromatic nitrogens is 2. The molecule has 166 valence electrons. The summed E-state index contributed by atoms with van der Waals surface area (Å²) in [7, 11) is 1.49. The van der Waals surface area contributed by atoms with Gasteiger partial charge in [-0.2, -0.15) is 13.2 Å². The number of aryl methyl sites for hydroxylation is 1. The normalized spacial score (nSPS) is 11.6. The Morgan fingerprint density at radius 1 is 1.19 bits per heavy atom. The molecule has 2 aromatic carbocycles. The number of fused-ring (bicyclic) bond motifs is 1. The number of carbonyl (C=O) groups excluding carboxylic acids is 1. The average Bonchev–Trinajstić information content (AvgIpc) is 3.10. The number of thioether (sulfide) groups is 1. The Labute approximate surface area is 181 Å². The lowest BCUT2D eigenvalue weighted by atomic mass is 10.1. The molecule has 0 bridgehead atoms. The fourth-order valence-corrected chi connectivity index (χ4v) is 3.83. The molecule has 0 fully saturated rings. The van der Waals surface area contributed by atoms with Crippen LogP contribution in [0.1, 0.15) is 12.5 Å². The number of rotatable bonds is 9. The van der Waals surface area contributed by atoms with E-state index in [0.29, 0.717) is 11.7 Å². The number of halogens is 3. The number of carbonyl (C=O) groups is 1. The summed E-state index contributed by atoms with van der Waals surface area (Å²) in [6.45, 7) is 3.05. The van der Waals surface area contributed by atoms with Crippen LogP contribution in [0.5, 0.6) is 5.75 Å². The molecule has 3 rings (SSSR count). The first kappa shape index (κ1) is 23.0. The monoisotopic (exact) mass is 453 g/mol. The Bertz CT molecular complexity index is 1050. The zero-order chi connectivity index (χ0) is 22.4. The molecule has 0 aliphatic rings. The zero-order valence-electron chi connectivity index (χ0n) is 17.0. The van der Waals surface area contributed by atoms with Gasteiger partial charge in [-0.15, -0.1) is 0 Å². The highest BCUT2D eigenvalue weighted by atomic mass is 32.2. The van der Waals surface area contributed by atoms with Crippen molar-refractivity contribution in [1.82, 2.24) is 9.55 Å². The number of alkyl halides is 3. The predicted molar refractivity (Wildman–Crippen MR) is 114 cm³/mol. The number of hydrogen-bond acceptors (Lipinski definition) is 5. The van der Waals surface area contributed by atoms with Gasteiger partial charge in [-0.1, -0.05) is 23.9 Å². The minimum atomic E-state index is -4.54. The van der Waals surface area contributed by atoms with Crippen molar-refractivity contribution in [2.75, 3.05) is 31.4 Å². The topological polar surface area (TPSA) is 65.4 Å². The molecule has 0 atom stereocenters. The maximum Gasteiger partial charge on any atom is 0.416 e. The van der Waals surface area contributed by atoms with Crippen molar-refractivity contribution in [3.05, 3.63) is 48.0 Å². The molecule has 0 saturated heterocycles. The first-order valence-electron chi connectivity index (χ1n) is 9.54. The number of nitrogens with one attached hydrogen (secondary N) is 1. The maximum atomic E-state index is 13.1. The molecule has 1 heterocycles. The van der Waals surface area contributed by atoms with E-state index >= 15 is 0 Å². The molecule has 1 N–H and O–H groups in total. The summed E-state index contributed by atoms with van der Waals surface area (Å²) in [5, 5.41) is 3.19. The number of para-hydroxylation sites is 2. The summed E-state index contributed by atoms with van der Waals surface area (Å²) in [5.41, 5.74) is 0.862. The van der Waals surface area contributed by atoms with Gasteiger partial charge < -0.3 is 19.4 Å². The Morgan fingerprint density at radius 3 is 2.68 bits per heavy atom. The van der Waals surface area contributed by atoms with Gasteiger partial charge in [0.1, 0.15) is 12.4 Å². The molecule has 1 aromatic heterocycles. The molecular formula is C21H22F3N3O3S. The van der Waals surface area contributed by atoms with E-state index in [1.165, 1.54) is 24.9 Å². The van der Waals surface area contributed by atoms with E-state index in [9.17, 15) is 18.0 Å². The molecule has 0 radical (unpaired) electrons. The van der Waals surface area contributed by atoms with Gasteiger partial charge in [-0.05, 0) is 37.3 Å². The highest BCUT2D eigenvalue weighted by Gasteiger charge is 2.31. The summed E-state index contributed by atoms with van der Waals surface area (Å²) in [6, 6.07) is 10.6. The van der Waals surface area contributed by atoms with Crippen LogP contribution in [-0.4, -0.2) is 41.5 Å². The Morgan fingerprint density at radius 2 is 1.97 bits per heavy atom. The van der Waals surface area contributed by atoms with Gasteiger partial charge in [0, 0.05) is 13.7 Å². The zero-order valence-corrected chi connectivity index (χ0v) is 17.8. The van der Waals surface area contributed by atoms with Crippen molar-refractivity contribution >= 4 is 34.4 Å². The Hall–Kier alpha value is -2.72. The first-order valence-corrected chi connectivity index (χ1v) is 10.5. The number of benzene rings is 2. The summed E-state index contributed by atoms with van der Waals surface area (Å²) >= 11 is 1.22. The van der Waals surface area contributed by atoms with E-state index in [2.05, 4.69) is 10.3 Å². The molecule has 10 heteroatoms. The summed E-state index contributed by atoms with van der Waals surface area (Å²) in [6.07, 6.45) is -4.54. The van der Waals surface area contributed by atoms with Gasteiger partial charge in [0.25, 0.3) is 0 Å². The summed E-state index contributed by atoms with van der Waals surface area (Å²) in [5.74, 6) is -0.336. The maximum absolute atomic E-state index is 13.1. The standard InChI is InChI=1S/C21H22F3N3O3S/c1-3-27-17-7-5-4-6-15(17)26-20(27)31-13-19(28)25-16-12-14(21(22,23)24)8-9-18(16)30-11-10-29-2/h4-9,12H,3,10-11,13H2,1-2H3,(H,25,28). The van der Waals surface area contributed by atoms with Gasteiger partial charge in [-0.25, -0.2) is 4.98 Å². The second kappa shape index (κ2) is 10.1. The van der Waals surface area contributed by atoms with Crippen LogP contribution in [0.4, 0.5) is 18.9 Å². The average molecular weight is 453 g/mol. The number of ether oxygens (including phenoxy) is 2. The molecule has 6 nitrogen and oxygen atoms in total. The molecule has 0 saturated carbocycles. The van der Waals surface area contributed by atoms with Crippen molar-refractivity contribution in [3.8, 4) is 5.75 Å². The van der Waals surface area contributed by atoms with Gasteiger partial charge in [0.2, 0.25) is 5.91 Å². The largest absolute Gasteiger partial charge is 0.489 e. The first-order chi connectivity index (χ1) is 14.8. The number of amides is 1. The van der Waals surface area contributed by atoms with Crippen LogP contribution >= 0.6 is 11.8 Å². The lowest BCUT2D eigenvalue weighted by Crippen LogP contribution is -2.17.